The molecular weight excluding hydrogens is 288 g/mol. The average Bonchev–Trinajstić information content (AvgIpc) is 2.61. The van der Waals surface area contributed by atoms with Crippen molar-refractivity contribution in [3.05, 3.63) is 59.1 Å². The van der Waals surface area contributed by atoms with E-state index in [9.17, 15) is 0 Å². The first-order chi connectivity index (χ1) is 11.3. The van der Waals surface area contributed by atoms with Crippen LogP contribution in [0.25, 0.3) is 4.98 Å². The molecule has 120 valence electrons. The van der Waals surface area contributed by atoms with E-state index in [0.717, 1.165) is 17.7 Å². The lowest BCUT2D eigenvalue weighted by atomic mass is 10.2. The van der Waals surface area contributed by atoms with Gasteiger partial charge in [-0.1, -0.05) is 56.5 Å². The van der Waals surface area contributed by atoms with E-state index in [2.05, 4.69) is 11.9 Å². The van der Waals surface area contributed by atoms with Crippen molar-refractivity contribution in [3.63, 3.8) is 0 Å². The van der Waals surface area contributed by atoms with Crippen molar-refractivity contribution < 1.29 is 9.47 Å². The van der Waals surface area contributed by atoms with Crippen LogP contribution in [-0.4, -0.2) is 6.61 Å². The molecule has 0 amide bonds. The first kappa shape index (κ1) is 16.8. The van der Waals surface area contributed by atoms with Crippen molar-refractivity contribution in [3.8, 4) is 11.5 Å². The van der Waals surface area contributed by atoms with Crippen LogP contribution < -0.4 is 9.47 Å². The Balaban J connectivity index is 1.94. The summed E-state index contributed by atoms with van der Waals surface area (Å²) >= 11 is 0. The Bertz CT molecular complexity index is 636. The number of diazo groups is 1. The van der Waals surface area contributed by atoms with E-state index in [1.807, 2.05) is 30.3 Å². The summed E-state index contributed by atoms with van der Waals surface area (Å²) < 4.78 is 11.5. The van der Waals surface area contributed by atoms with Crippen LogP contribution in [0.3, 0.4) is 0 Å². The second kappa shape index (κ2) is 9.47. The van der Waals surface area contributed by atoms with Gasteiger partial charge in [0, 0.05) is 12.1 Å². The third kappa shape index (κ3) is 5.63. The predicted octanol–water partition coefficient (Wildman–Crippen LogP) is 5.71. The number of hydrogen-bond acceptors (Lipinski definition) is 3. The first-order valence-corrected chi connectivity index (χ1v) is 8.12. The normalized spacial score (nSPS) is 10.1. The van der Waals surface area contributed by atoms with Gasteiger partial charge in [0.1, 0.15) is 12.4 Å². The summed E-state index contributed by atoms with van der Waals surface area (Å²) in [6.07, 6.45) is 4.67. The van der Waals surface area contributed by atoms with Crippen LogP contribution in [0.1, 0.15) is 38.2 Å². The van der Waals surface area contributed by atoms with Crippen molar-refractivity contribution in [2.24, 2.45) is 0 Å². The van der Waals surface area contributed by atoms with E-state index in [-0.39, 0.29) is 0 Å². The van der Waals surface area contributed by atoms with Gasteiger partial charge in [0.25, 0.3) is 0 Å². The molecule has 0 aliphatic rings. The number of hydrogen-bond donors (Lipinski definition) is 0. The highest BCUT2D eigenvalue weighted by atomic mass is 16.5. The number of ether oxygens (including phenoxy) is 2. The molecule has 2 aromatic carbocycles. The molecule has 0 atom stereocenters. The van der Waals surface area contributed by atoms with Crippen molar-refractivity contribution >= 4 is 5.69 Å². The zero-order valence-corrected chi connectivity index (χ0v) is 13.6. The highest BCUT2D eigenvalue weighted by Gasteiger charge is 2.16. The van der Waals surface area contributed by atoms with Crippen molar-refractivity contribution in [2.45, 2.75) is 39.2 Å². The lowest BCUT2D eigenvalue weighted by Gasteiger charge is -2.08. The van der Waals surface area contributed by atoms with Crippen LogP contribution in [0.15, 0.2) is 48.5 Å². The molecule has 0 heterocycles. The van der Waals surface area contributed by atoms with Gasteiger partial charge in [-0.05, 0) is 18.1 Å². The van der Waals surface area contributed by atoms with Crippen molar-refractivity contribution in [2.75, 3.05) is 6.61 Å². The SMILES string of the molecule is CCCCCCOc1ccc([N+]#N)c(OCc2ccccc2)c1. The molecule has 2 aromatic rings. The molecule has 0 bridgehead atoms. The minimum atomic E-state index is 0.402. The Hall–Kier alpha value is -2.54. The van der Waals surface area contributed by atoms with Crippen molar-refractivity contribution in [1.82, 2.24) is 0 Å². The summed E-state index contributed by atoms with van der Waals surface area (Å²) in [7, 11) is 0. The minimum absolute atomic E-state index is 0.402. The highest BCUT2D eigenvalue weighted by molar-refractivity contribution is 5.59. The predicted molar refractivity (Wildman–Crippen MR) is 91.6 cm³/mol. The molecule has 2 rings (SSSR count). The minimum Gasteiger partial charge on any atom is -0.493 e. The summed E-state index contributed by atoms with van der Waals surface area (Å²) in [5.74, 6) is 1.25. The Morgan fingerprint density at radius 1 is 0.957 bits per heavy atom. The smallest absolute Gasteiger partial charge is 0.426 e. The van der Waals surface area contributed by atoms with Crippen LogP contribution in [-0.2, 0) is 6.61 Å². The molecule has 0 saturated carbocycles. The Labute approximate surface area is 137 Å². The van der Waals surface area contributed by atoms with Gasteiger partial charge in [-0.15, -0.1) is 0 Å². The quantitative estimate of drug-likeness (QED) is 0.440. The van der Waals surface area contributed by atoms with Crippen LogP contribution in [0.5, 0.6) is 11.5 Å². The van der Waals surface area contributed by atoms with Crippen LogP contribution in [0.2, 0.25) is 0 Å². The largest absolute Gasteiger partial charge is 0.493 e. The summed E-state index contributed by atoms with van der Waals surface area (Å²) in [4.78, 5) is 3.26. The van der Waals surface area contributed by atoms with Gasteiger partial charge in [-0.2, -0.15) is 0 Å². The lowest BCUT2D eigenvalue weighted by Crippen LogP contribution is -1.99. The number of nitrogens with zero attached hydrogens (tertiary/aromatic N) is 2. The number of rotatable bonds is 9. The van der Waals surface area contributed by atoms with Gasteiger partial charge >= 0.3 is 5.69 Å². The fourth-order valence-corrected chi connectivity index (χ4v) is 2.24. The summed E-state index contributed by atoms with van der Waals surface area (Å²) in [6.45, 7) is 3.30. The third-order valence-electron chi connectivity index (χ3n) is 3.54. The Morgan fingerprint density at radius 2 is 1.78 bits per heavy atom. The maximum Gasteiger partial charge on any atom is 0.426 e. The van der Waals surface area contributed by atoms with Crippen molar-refractivity contribution in [1.29, 1.82) is 5.39 Å². The molecule has 23 heavy (non-hydrogen) atoms. The van der Waals surface area contributed by atoms with E-state index in [1.54, 1.807) is 18.2 Å². The first-order valence-electron chi connectivity index (χ1n) is 8.12. The fourth-order valence-electron chi connectivity index (χ4n) is 2.24. The number of benzene rings is 2. The van der Waals surface area contributed by atoms with E-state index >= 15 is 0 Å². The van der Waals surface area contributed by atoms with E-state index < -0.39 is 0 Å². The molecule has 4 heteroatoms. The van der Waals surface area contributed by atoms with Gasteiger partial charge < -0.3 is 9.47 Å². The molecule has 0 fully saturated rings. The molecule has 0 aliphatic heterocycles. The average molecular weight is 311 g/mol. The topological polar surface area (TPSA) is 46.6 Å². The molecule has 0 aliphatic carbocycles. The summed E-state index contributed by atoms with van der Waals surface area (Å²) in [6, 6.07) is 15.1. The molecule has 0 spiro atoms. The molecule has 0 saturated heterocycles. The van der Waals surface area contributed by atoms with E-state index in [0.29, 0.717) is 24.7 Å². The Morgan fingerprint density at radius 3 is 2.52 bits per heavy atom. The Kier molecular flexibility index (Phi) is 6.93. The standard InChI is InChI=1S/C19H23N2O2/c1-2-3-4-8-13-22-17-11-12-18(21-20)19(14-17)23-15-16-9-6-5-7-10-16/h5-7,9-12,14H,2-4,8,13,15H2,1H3/q+1. The number of unbranched alkanes of at least 4 members (excludes halogenated alkanes) is 3. The van der Waals surface area contributed by atoms with Gasteiger partial charge in [0.2, 0.25) is 11.1 Å². The zero-order chi connectivity index (χ0) is 16.3. The highest BCUT2D eigenvalue weighted by Crippen LogP contribution is 2.32. The van der Waals surface area contributed by atoms with E-state index in [4.69, 9.17) is 14.9 Å². The maximum absolute atomic E-state index is 9.08. The fraction of sp³-hybridized carbons (Fsp3) is 0.368. The molecule has 0 unspecified atom stereocenters. The van der Waals surface area contributed by atoms with Gasteiger partial charge in [-0.3, -0.25) is 0 Å². The maximum atomic E-state index is 9.08. The zero-order valence-electron chi connectivity index (χ0n) is 13.6. The summed E-state index contributed by atoms with van der Waals surface area (Å²) in [5.41, 5.74) is 1.46. The second-order valence-electron chi connectivity index (χ2n) is 5.41. The third-order valence-corrected chi connectivity index (χ3v) is 3.54. The molecule has 0 radical (unpaired) electrons. The van der Waals surface area contributed by atoms with Gasteiger partial charge in [-0.25, -0.2) is 0 Å². The molecule has 0 aromatic heterocycles. The summed E-state index contributed by atoms with van der Waals surface area (Å²) in [5, 5.41) is 9.08. The lowest BCUT2D eigenvalue weighted by molar-refractivity contribution is 0.291. The van der Waals surface area contributed by atoms with Crippen LogP contribution >= 0.6 is 0 Å². The van der Waals surface area contributed by atoms with Crippen LogP contribution in [0.4, 0.5) is 5.69 Å². The van der Waals surface area contributed by atoms with Crippen LogP contribution in [0, 0.1) is 5.39 Å². The molecule has 4 nitrogen and oxygen atoms in total. The van der Waals surface area contributed by atoms with Gasteiger partial charge in [0.05, 0.1) is 6.61 Å². The molecular formula is C19H23N2O2+. The second-order valence-corrected chi connectivity index (χ2v) is 5.41. The molecule has 0 N–H and O–H groups in total. The monoisotopic (exact) mass is 311 g/mol. The van der Waals surface area contributed by atoms with Gasteiger partial charge in [0.15, 0.2) is 4.98 Å². The van der Waals surface area contributed by atoms with E-state index in [1.165, 1.54) is 19.3 Å².